The quantitative estimate of drug-likeness (QED) is 0.431. The van der Waals surface area contributed by atoms with Gasteiger partial charge in [-0.1, -0.05) is 6.08 Å². The molecule has 0 rings (SSSR count). The van der Waals surface area contributed by atoms with Crippen molar-refractivity contribution in [3.05, 3.63) is 23.6 Å². The van der Waals surface area contributed by atoms with E-state index in [0.717, 1.165) is 0 Å². The van der Waals surface area contributed by atoms with E-state index in [4.69, 9.17) is 0 Å². The molecule has 0 saturated carbocycles. The fourth-order valence-corrected chi connectivity index (χ4v) is 1.13. The monoisotopic (exact) mass is 372 g/mol. The van der Waals surface area contributed by atoms with Crippen LogP contribution in [0.15, 0.2) is 23.6 Å². The van der Waals surface area contributed by atoms with Crippen molar-refractivity contribution in [2.24, 2.45) is 0 Å². The topological polar surface area (TPSA) is 0 Å². The highest BCUT2D eigenvalue weighted by molar-refractivity contribution is 5.32. The maximum Gasteiger partial charge on any atom is 0.460 e. The van der Waals surface area contributed by atoms with Gasteiger partial charge >= 0.3 is 30.1 Å². The van der Waals surface area contributed by atoms with Gasteiger partial charge in [-0.25, -0.2) is 4.39 Å². The van der Waals surface area contributed by atoms with Crippen LogP contribution in [-0.4, -0.2) is 30.1 Å². The average molecular weight is 372 g/mol. The maximum atomic E-state index is 13.3. The van der Waals surface area contributed by atoms with Crippen LogP contribution >= 0.6 is 0 Å². The highest BCUT2D eigenvalue weighted by Gasteiger charge is 2.82. The predicted molar refractivity (Wildman–Crippen MR) is 49.9 cm³/mol. The summed E-state index contributed by atoms with van der Waals surface area (Å²) in [4.78, 5) is 0. The average Bonchev–Trinajstić information content (AvgIpc) is 2.31. The molecule has 0 atom stereocenters. The first-order chi connectivity index (χ1) is 9.84. The molecule has 13 heteroatoms. The van der Waals surface area contributed by atoms with Crippen LogP contribution in [0.4, 0.5) is 57.1 Å². The molecule has 136 valence electrons. The fraction of sp³-hybridized carbons (Fsp3) is 0.600. The van der Waals surface area contributed by atoms with Crippen LogP contribution in [-0.2, 0) is 0 Å². The van der Waals surface area contributed by atoms with Gasteiger partial charge in [-0.15, -0.1) is 0 Å². The Kier molecular flexibility index (Phi) is 5.52. The summed E-state index contributed by atoms with van der Waals surface area (Å²) in [7, 11) is 0. The first kappa shape index (κ1) is 21.6. The molecule has 0 fully saturated rings. The molecular weight excluding hydrogens is 367 g/mol. The molecule has 0 N–H and O–H groups in total. The molecule has 0 aromatic heterocycles. The van der Waals surface area contributed by atoms with Gasteiger partial charge < -0.3 is 0 Å². The first-order valence-electron chi connectivity index (χ1n) is 5.15. The molecule has 0 heterocycles. The van der Waals surface area contributed by atoms with Gasteiger partial charge in [0.2, 0.25) is 5.83 Å². The van der Waals surface area contributed by atoms with E-state index in [9.17, 15) is 57.1 Å². The van der Waals surface area contributed by atoms with E-state index in [1.54, 1.807) is 0 Å². The van der Waals surface area contributed by atoms with Crippen LogP contribution in [0.1, 0.15) is 6.92 Å². The molecule has 0 nitrogen and oxygen atoms in total. The molecule has 0 radical (unpaired) electrons. The van der Waals surface area contributed by atoms with E-state index in [-0.39, 0.29) is 6.08 Å². The third kappa shape index (κ3) is 3.74. The third-order valence-corrected chi connectivity index (χ3v) is 2.37. The van der Waals surface area contributed by atoms with E-state index < -0.39 is 47.6 Å². The molecule has 0 aliphatic carbocycles. The van der Waals surface area contributed by atoms with Gasteiger partial charge in [0, 0.05) is 5.57 Å². The van der Waals surface area contributed by atoms with E-state index in [0.29, 0.717) is 6.92 Å². The van der Waals surface area contributed by atoms with Crippen molar-refractivity contribution in [2.75, 3.05) is 0 Å². The number of hydrogen-bond acceptors (Lipinski definition) is 0. The highest BCUT2D eigenvalue weighted by atomic mass is 19.4. The van der Waals surface area contributed by atoms with E-state index in [1.165, 1.54) is 0 Å². The normalized spacial score (nSPS) is 16.8. The van der Waals surface area contributed by atoms with Crippen LogP contribution < -0.4 is 0 Å². The number of halogens is 13. The molecule has 0 spiro atoms. The largest absolute Gasteiger partial charge is 0.460 e. The molecule has 0 amide bonds. The highest BCUT2D eigenvalue weighted by Crippen LogP contribution is 2.55. The van der Waals surface area contributed by atoms with Gasteiger partial charge in [0.05, 0.1) is 0 Å². The predicted octanol–water partition coefficient (Wildman–Crippen LogP) is 5.82. The lowest BCUT2D eigenvalue weighted by Gasteiger charge is -2.34. The van der Waals surface area contributed by atoms with Gasteiger partial charge in [0.15, 0.2) is 0 Å². The third-order valence-electron chi connectivity index (χ3n) is 2.37. The SMILES string of the molecule is CC=C(C=C(F)C(F)(F)F)C(F)(F)C(F)(F)C(F)(F)C(F)(F)F. The summed E-state index contributed by atoms with van der Waals surface area (Å²) >= 11 is 0. The summed E-state index contributed by atoms with van der Waals surface area (Å²) in [5.41, 5.74) is -2.71. The Morgan fingerprint density at radius 1 is 0.696 bits per heavy atom. The first-order valence-corrected chi connectivity index (χ1v) is 5.15. The Morgan fingerprint density at radius 3 is 1.35 bits per heavy atom. The Morgan fingerprint density at radius 2 is 1.09 bits per heavy atom. The Balaban J connectivity index is 6.14. The Labute approximate surface area is 119 Å². The van der Waals surface area contributed by atoms with Gasteiger partial charge in [0.1, 0.15) is 0 Å². The summed E-state index contributed by atoms with van der Waals surface area (Å²) in [6.45, 7) is 0.311. The standard InChI is InChI=1S/C10H5F13/c1-2-4(3-5(11)7(14,15)16)6(12,13)8(17,18)9(19,20)10(21,22)23/h2-3H,1H3. The minimum absolute atomic E-state index is 0.311. The summed E-state index contributed by atoms with van der Waals surface area (Å²) in [6.07, 6.45) is -14.7. The molecule has 0 aliphatic rings. The zero-order valence-electron chi connectivity index (χ0n) is 10.6. The second-order valence-corrected chi connectivity index (χ2v) is 3.95. The van der Waals surface area contributed by atoms with Crippen LogP contribution in [0, 0.1) is 0 Å². The molecule has 0 unspecified atom stereocenters. The van der Waals surface area contributed by atoms with Crippen LogP contribution in [0.25, 0.3) is 0 Å². The van der Waals surface area contributed by atoms with Gasteiger partial charge in [-0.3, -0.25) is 0 Å². The summed E-state index contributed by atoms with van der Waals surface area (Å²) < 4.78 is 161. The van der Waals surface area contributed by atoms with Crippen molar-refractivity contribution in [1.82, 2.24) is 0 Å². The number of allylic oxidation sites excluding steroid dienone is 4. The summed E-state index contributed by atoms with van der Waals surface area (Å²) in [6, 6.07) is 0. The molecule has 0 aromatic rings. The van der Waals surface area contributed by atoms with Crippen molar-refractivity contribution in [2.45, 2.75) is 37.0 Å². The maximum absolute atomic E-state index is 13.3. The molecule has 0 saturated heterocycles. The zero-order chi connectivity index (χ0) is 19.1. The van der Waals surface area contributed by atoms with Crippen molar-refractivity contribution in [3.8, 4) is 0 Å². The van der Waals surface area contributed by atoms with Crippen LogP contribution in [0.3, 0.4) is 0 Å². The lowest BCUT2D eigenvalue weighted by Crippen LogP contribution is -2.61. The van der Waals surface area contributed by atoms with Crippen molar-refractivity contribution in [1.29, 1.82) is 0 Å². The van der Waals surface area contributed by atoms with Crippen molar-refractivity contribution < 1.29 is 57.1 Å². The van der Waals surface area contributed by atoms with Crippen molar-refractivity contribution in [3.63, 3.8) is 0 Å². The Hall–Kier alpha value is -1.43. The van der Waals surface area contributed by atoms with Crippen molar-refractivity contribution >= 4 is 0 Å². The minimum atomic E-state index is -7.29. The number of rotatable bonds is 4. The lowest BCUT2D eigenvalue weighted by atomic mass is 9.96. The van der Waals surface area contributed by atoms with Gasteiger partial charge in [0.25, 0.3) is 0 Å². The van der Waals surface area contributed by atoms with Gasteiger partial charge in [-0.05, 0) is 13.0 Å². The second-order valence-electron chi connectivity index (χ2n) is 3.95. The number of alkyl halides is 12. The van der Waals surface area contributed by atoms with E-state index in [2.05, 4.69) is 0 Å². The summed E-state index contributed by atoms with van der Waals surface area (Å²) in [5.74, 6) is -24.3. The second kappa shape index (κ2) is 5.89. The van der Waals surface area contributed by atoms with E-state index in [1.807, 2.05) is 0 Å². The molecule has 0 aliphatic heterocycles. The van der Waals surface area contributed by atoms with Gasteiger partial charge in [-0.2, -0.15) is 52.7 Å². The zero-order valence-corrected chi connectivity index (χ0v) is 10.6. The molecular formula is C10H5F13. The van der Waals surface area contributed by atoms with E-state index >= 15 is 0 Å². The number of hydrogen-bond donors (Lipinski definition) is 0. The minimum Gasteiger partial charge on any atom is -0.202 e. The molecule has 0 aromatic carbocycles. The smallest absolute Gasteiger partial charge is 0.202 e. The molecule has 0 bridgehead atoms. The van der Waals surface area contributed by atoms with Crippen LogP contribution in [0.2, 0.25) is 0 Å². The van der Waals surface area contributed by atoms with Crippen LogP contribution in [0.5, 0.6) is 0 Å². The fourth-order valence-electron chi connectivity index (χ4n) is 1.13. The lowest BCUT2D eigenvalue weighted by molar-refractivity contribution is -0.389. The molecule has 23 heavy (non-hydrogen) atoms. The summed E-state index contributed by atoms with van der Waals surface area (Å²) in [5, 5.41) is 0. The Bertz CT molecular complexity index is 488.